The molecular weight excluding hydrogens is 194 g/mol. The van der Waals surface area contributed by atoms with Crippen LogP contribution in [0.1, 0.15) is 24.0 Å². The molecule has 0 saturated heterocycles. The van der Waals surface area contributed by atoms with Gasteiger partial charge in [0.2, 0.25) is 0 Å². The van der Waals surface area contributed by atoms with Crippen molar-refractivity contribution in [1.29, 1.82) is 0 Å². The Balaban J connectivity index is 2.12. The van der Waals surface area contributed by atoms with E-state index in [1.54, 1.807) is 0 Å². The van der Waals surface area contributed by atoms with Crippen molar-refractivity contribution in [2.45, 2.75) is 12.8 Å². The van der Waals surface area contributed by atoms with Crippen molar-refractivity contribution in [1.82, 2.24) is 4.98 Å². The summed E-state index contributed by atoms with van der Waals surface area (Å²) in [6.07, 6.45) is 2.13. The fourth-order valence-corrected chi connectivity index (χ4v) is 2.31. The molecule has 16 heavy (non-hydrogen) atoms. The van der Waals surface area contributed by atoms with Gasteiger partial charge in [-0.1, -0.05) is 25.1 Å². The third kappa shape index (κ3) is 1.36. The number of rotatable bonds is 2. The predicted molar refractivity (Wildman–Crippen MR) is 67.9 cm³/mol. The van der Waals surface area contributed by atoms with Crippen LogP contribution in [0.15, 0.2) is 54.7 Å². The summed E-state index contributed by atoms with van der Waals surface area (Å²) in [5, 5.41) is 1.33. The normalized spacial score (nSPS) is 13.1. The van der Waals surface area contributed by atoms with E-state index in [0.29, 0.717) is 5.92 Å². The van der Waals surface area contributed by atoms with E-state index in [-0.39, 0.29) is 0 Å². The zero-order chi connectivity index (χ0) is 11.0. The first-order chi connectivity index (χ1) is 7.86. The molecule has 1 unspecified atom stereocenters. The molecule has 3 aromatic rings. The van der Waals surface area contributed by atoms with Gasteiger partial charge < -0.3 is 4.98 Å². The minimum Gasteiger partial charge on any atom is -0.361 e. The number of para-hydroxylation sites is 1. The molecule has 1 heteroatoms. The summed E-state index contributed by atoms with van der Waals surface area (Å²) in [5.74, 6) is 0.450. The van der Waals surface area contributed by atoms with E-state index in [2.05, 4.69) is 66.6 Å². The largest absolute Gasteiger partial charge is 0.361 e. The van der Waals surface area contributed by atoms with Crippen LogP contribution in [0.25, 0.3) is 10.9 Å². The van der Waals surface area contributed by atoms with E-state index in [9.17, 15) is 0 Å². The smallest absolute Gasteiger partial charge is 0.0456 e. The van der Waals surface area contributed by atoms with Crippen LogP contribution < -0.4 is 0 Å². The molecule has 0 aliphatic rings. The first-order valence-electron chi connectivity index (χ1n) is 5.64. The Morgan fingerprint density at radius 1 is 1.19 bits per heavy atom. The number of aromatic amines is 1. The van der Waals surface area contributed by atoms with Crippen LogP contribution in [0.2, 0.25) is 0 Å². The van der Waals surface area contributed by atoms with Crippen molar-refractivity contribution in [2.24, 2.45) is 0 Å². The highest BCUT2D eigenvalue weighted by atomic mass is 14.7. The Hall–Kier alpha value is -1.89. The molecule has 1 aromatic heterocycles. The van der Waals surface area contributed by atoms with Crippen molar-refractivity contribution in [3.8, 4) is 0 Å². The van der Waals surface area contributed by atoms with E-state index < -0.39 is 0 Å². The van der Waals surface area contributed by atoms with Crippen molar-refractivity contribution >= 4 is 10.9 Å². The van der Waals surface area contributed by atoms with E-state index in [1.165, 1.54) is 22.0 Å². The highest BCUT2D eigenvalue weighted by molar-refractivity contribution is 5.84. The van der Waals surface area contributed by atoms with E-state index in [4.69, 9.17) is 0 Å². The molecular formula is C15H14N-. The molecule has 0 aliphatic carbocycles. The van der Waals surface area contributed by atoms with Gasteiger partial charge in [0.1, 0.15) is 0 Å². The molecule has 1 nitrogen and oxygen atoms in total. The summed E-state index contributed by atoms with van der Waals surface area (Å²) in [4.78, 5) is 3.33. The third-order valence-electron chi connectivity index (χ3n) is 3.28. The van der Waals surface area contributed by atoms with Gasteiger partial charge in [0.05, 0.1) is 0 Å². The van der Waals surface area contributed by atoms with Gasteiger partial charge in [-0.2, -0.15) is 23.8 Å². The van der Waals surface area contributed by atoms with Gasteiger partial charge in [0, 0.05) is 17.1 Å². The molecule has 1 heterocycles. The van der Waals surface area contributed by atoms with Crippen LogP contribution in [0.5, 0.6) is 0 Å². The molecule has 0 aliphatic heterocycles. The number of hydrogen-bond donors (Lipinski definition) is 1. The highest BCUT2D eigenvalue weighted by Crippen LogP contribution is 2.30. The lowest BCUT2D eigenvalue weighted by atomic mass is 9.95. The summed E-state index contributed by atoms with van der Waals surface area (Å²) in [7, 11) is 0. The summed E-state index contributed by atoms with van der Waals surface area (Å²) in [6, 6.07) is 17.0. The maximum absolute atomic E-state index is 3.33. The predicted octanol–water partition coefficient (Wildman–Crippen LogP) is 4.04. The van der Waals surface area contributed by atoms with E-state index in [0.717, 1.165) is 0 Å². The van der Waals surface area contributed by atoms with Crippen molar-refractivity contribution < 1.29 is 0 Å². The second-order valence-corrected chi connectivity index (χ2v) is 4.23. The van der Waals surface area contributed by atoms with Gasteiger partial charge in [-0.3, -0.25) is 0 Å². The Bertz CT molecular complexity index is 587. The lowest BCUT2D eigenvalue weighted by Crippen LogP contribution is -1.92. The quantitative estimate of drug-likeness (QED) is 0.612. The molecule has 2 aromatic carbocycles. The molecule has 1 N–H and O–H groups in total. The average Bonchev–Trinajstić information content (AvgIpc) is 2.98. The first-order valence-corrected chi connectivity index (χ1v) is 5.64. The fourth-order valence-electron chi connectivity index (χ4n) is 2.31. The highest BCUT2D eigenvalue weighted by Gasteiger charge is 2.08. The van der Waals surface area contributed by atoms with Crippen molar-refractivity contribution in [3.63, 3.8) is 0 Å². The number of H-pyrrole nitrogens is 1. The van der Waals surface area contributed by atoms with Crippen LogP contribution in [-0.4, -0.2) is 4.98 Å². The first kappa shape index (κ1) is 9.34. The summed E-state index contributed by atoms with van der Waals surface area (Å²) in [6.45, 7) is 2.25. The number of benzene rings is 1. The minimum absolute atomic E-state index is 0.450. The number of hydrogen-bond acceptors (Lipinski definition) is 0. The summed E-state index contributed by atoms with van der Waals surface area (Å²) < 4.78 is 0. The maximum Gasteiger partial charge on any atom is 0.0456 e. The molecule has 80 valence electrons. The van der Waals surface area contributed by atoms with Gasteiger partial charge >= 0.3 is 0 Å². The van der Waals surface area contributed by atoms with Crippen LogP contribution in [0, 0.1) is 0 Å². The van der Waals surface area contributed by atoms with Crippen molar-refractivity contribution in [2.75, 3.05) is 0 Å². The SMILES string of the molecule is CC(c1cc[cH-]c1)c1c[nH]c2ccccc12. The van der Waals surface area contributed by atoms with Gasteiger partial charge in [0.25, 0.3) is 0 Å². The molecule has 0 fully saturated rings. The zero-order valence-electron chi connectivity index (χ0n) is 9.27. The Morgan fingerprint density at radius 3 is 2.88 bits per heavy atom. The maximum atomic E-state index is 3.33. The second-order valence-electron chi connectivity index (χ2n) is 4.23. The second kappa shape index (κ2) is 3.60. The molecule has 0 amide bonds. The van der Waals surface area contributed by atoms with E-state index in [1.807, 2.05) is 0 Å². The van der Waals surface area contributed by atoms with Gasteiger partial charge in [-0.15, -0.1) is 0 Å². The lowest BCUT2D eigenvalue weighted by Gasteiger charge is -2.14. The lowest BCUT2D eigenvalue weighted by molar-refractivity contribution is 0.937. The molecule has 0 spiro atoms. The Labute approximate surface area is 95.1 Å². The monoisotopic (exact) mass is 208 g/mol. The fraction of sp³-hybridized carbons (Fsp3) is 0.133. The minimum atomic E-state index is 0.450. The van der Waals surface area contributed by atoms with E-state index >= 15 is 0 Å². The van der Waals surface area contributed by atoms with Gasteiger partial charge in [-0.25, -0.2) is 6.07 Å². The van der Waals surface area contributed by atoms with Gasteiger partial charge in [-0.05, 0) is 17.5 Å². The van der Waals surface area contributed by atoms with Crippen LogP contribution in [-0.2, 0) is 0 Å². The molecule has 3 rings (SSSR count). The van der Waals surface area contributed by atoms with Crippen LogP contribution in [0.4, 0.5) is 0 Å². The number of aromatic nitrogens is 1. The number of fused-ring (bicyclic) bond motifs is 1. The van der Waals surface area contributed by atoms with Crippen molar-refractivity contribution in [3.05, 3.63) is 65.9 Å². The van der Waals surface area contributed by atoms with Gasteiger partial charge in [0.15, 0.2) is 0 Å². The topological polar surface area (TPSA) is 15.8 Å². The summed E-state index contributed by atoms with van der Waals surface area (Å²) in [5.41, 5.74) is 3.97. The average molecular weight is 208 g/mol. The zero-order valence-corrected chi connectivity index (χ0v) is 9.27. The number of nitrogens with one attached hydrogen (secondary N) is 1. The van der Waals surface area contributed by atoms with Crippen LogP contribution >= 0.6 is 0 Å². The molecule has 0 radical (unpaired) electrons. The van der Waals surface area contributed by atoms with Crippen LogP contribution in [0.3, 0.4) is 0 Å². The third-order valence-corrected chi connectivity index (χ3v) is 3.28. The standard InChI is InChI=1S/C15H14N/c1-11(12-6-2-3-7-12)14-10-16-15-9-5-4-8-13(14)15/h2-11,16H,1H3/q-1. The molecule has 0 saturated carbocycles. The Morgan fingerprint density at radius 2 is 2.06 bits per heavy atom. The Kier molecular flexibility index (Phi) is 2.10. The summed E-state index contributed by atoms with van der Waals surface area (Å²) >= 11 is 0. The molecule has 0 bridgehead atoms. The molecule has 1 atom stereocenters.